The van der Waals surface area contributed by atoms with E-state index in [1.165, 1.54) is 16.8 Å². The van der Waals surface area contributed by atoms with Crippen LogP contribution >= 0.6 is 11.3 Å². The van der Waals surface area contributed by atoms with E-state index >= 15 is 0 Å². The summed E-state index contributed by atoms with van der Waals surface area (Å²) in [7, 11) is 1.67. The van der Waals surface area contributed by atoms with E-state index in [4.69, 9.17) is 0 Å². The molecule has 4 rings (SSSR count). The van der Waals surface area contributed by atoms with Crippen molar-refractivity contribution in [2.24, 2.45) is 7.05 Å². The largest absolute Gasteiger partial charge is 0.387 e. The number of thiophene rings is 1. The molecule has 0 aliphatic rings. The molecular formula is C21H18FN3O2S. The van der Waals surface area contributed by atoms with Gasteiger partial charge in [-0.15, -0.1) is 11.3 Å². The van der Waals surface area contributed by atoms with Gasteiger partial charge in [0.1, 0.15) is 11.5 Å². The van der Waals surface area contributed by atoms with E-state index in [0.717, 1.165) is 21.2 Å². The van der Waals surface area contributed by atoms with Crippen LogP contribution in [0.2, 0.25) is 0 Å². The average molecular weight is 395 g/mol. The molecule has 4 aromatic rings. The number of halogens is 1. The Morgan fingerprint density at radius 3 is 2.79 bits per heavy atom. The van der Waals surface area contributed by atoms with Crippen LogP contribution in [-0.2, 0) is 7.05 Å². The zero-order chi connectivity index (χ0) is 19.7. The summed E-state index contributed by atoms with van der Waals surface area (Å²) in [4.78, 5) is 12.6. The number of benzene rings is 2. The SMILES string of the molecule is Cn1nc(-c2ccc(F)cc2)cc1C(=O)NCC(O)c1csc2ccccc12. The van der Waals surface area contributed by atoms with E-state index in [1.54, 1.807) is 36.6 Å². The van der Waals surface area contributed by atoms with Gasteiger partial charge in [0.25, 0.3) is 5.91 Å². The summed E-state index contributed by atoms with van der Waals surface area (Å²) in [6.07, 6.45) is -0.801. The molecule has 0 aliphatic heterocycles. The van der Waals surface area contributed by atoms with Gasteiger partial charge in [0, 0.05) is 29.4 Å². The molecule has 2 heterocycles. The van der Waals surface area contributed by atoms with Crippen LogP contribution in [0.3, 0.4) is 0 Å². The van der Waals surface area contributed by atoms with Gasteiger partial charge in [-0.25, -0.2) is 4.39 Å². The van der Waals surface area contributed by atoms with Crippen molar-refractivity contribution < 1.29 is 14.3 Å². The van der Waals surface area contributed by atoms with Gasteiger partial charge in [-0.3, -0.25) is 9.48 Å². The summed E-state index contributed by atoms with van der Waals surface area (Å²) in [6.45, 7) is 0.0939. The third-order valence-electron chi connectivity index (χ3n) is 4.58. The molecule has 1 amide bonds. The molecule has 0 saturated heterocycles. The van der Waals surface area contributed by atoms with Crippen LogP contribution in [-0.4, -0.2) is 27.3 Å². The highest BCUT2D eigenvalue weighted by molar-refractivity contribution is 7.17. The summed E-state index contributed by atoms with van der Waals surface area (Å²) in [5, 5.41) is 20.5. The van der Waals surface area contributed by atoms with Crippen molar-refractivity contribution >= 4 is 27.3 Å². The first-order valence-electron chi connectivity index (χ1n) is 8.75. The van der Waals surface area contributed by atoms with Gasteiger partial charge in [-0.2, -0.15) is 5.10 Å². The summed E-state index contributed by atoms with van der Waals surface area (Å²) >= 11 is 1.56. The minimum absolute atomic E-state index is 0.0939. The number of aliphatic hydroxyl groups excluding tert-OH is 1. The Kier molecular flexibility index (Phi) is 4.93. The summed E-state index contributed by atoms with van der Waals surface area (Å²) in [5.41, 5.74) is 2.47. The van der Waals surface area contributed by atoms with Crippen LogP contribution in [0.25, 0.3) is 21.3 Å². The number of nitrogens with one attached hydrogen (secondary N) is 1. The fraction of sp³-hybridized carbons (Fsp3) is 0.143. The van der Waals surface area contributed by atoms with Crippen molar-refractivity contribution in [3.05, 3.63) is 77.1 Å². The fourth-order valence-corrected chi connectivity index (χ4v) is 4.10. The zero-order valence-corrected chi connectivity index (χ0v) is 15.9. The van der Waals surface area contributed by atoms with Gasteiger partial charge >= 0.3 is 0 Å². The number of carbonyl (C=O) groups is 1. The highest BCUT2D eigenvalue weighted by Crippen LogP contribution is 2.30. The van der Waals surface area contributed by atoms with Crippen LogP contribution in [0, 0.1) is 5.82 Å². The third kappa shape index (κ3) is 3.54. The van der Waals surface area contributed by atoms with E-state index in [9.17, 15) is 14.3 Å². The Morgan fingerprint density at radius 1 is 1.25 bits per heavy atom. The summed E-state index contributed by atoms with van der Waals surface area (Å²) in [6, 6.07) is 15.4. The highest BCUT2D eigenvalue weighted by Gasteiger charge is 2.18. The normalized spacial score (nSPS) is 12.2. The first kappa shape index (κ1) is 18.3. The zero-order valence-electron chi connectivity index (χ0n) is 15.1. The molecule has 2 aromatic carbocycles. The van der Waals surface area contributed by atoms with E-state index in [1.807, 2.05) is 29.6 Å². The number of hydrogen-bond acceptors (Lipinski definition) is 4. The molecule has 7 heteroatoms. The summed E-state index contributed by atoms with van der Waals surface area (Å²) < 4.78 is 15.7. The maximum absolute atomic E-state index is 13.1. The standard InChI is InChI=1S/C21H18FN3O2S/c1-25-18(10-17(24-25)13-6-8-14(22)9-7-13)21(27)23-11-19(26)16-12-28-20-5-3-2-4-15(16)20/h2-10,12,19,26H,11H2,1H3,(H,23,27). The van der Waals surface area contributed by atoms with Crippen molar-refractivity contribution in [1.82, 2.24) is 15.1 Å². The van der Waals surface area contributed by atoms with Crippen molar-refractivity contribution in [3.8, 4) is 11.3 Å². The number of rotatable bonds is 5. The van der Waals surface area contributed by atoms with E-state index in [0.29, 0.717) is 11.4 Å². The molecule has 2 N–H and O–H groups in total. The van der Waals surface area contributed by atoms with Gasteiger partial charge in [0.2, 0.25) is 0 Å². The molecule has 0 aliphatic carbocycles. The van der Waals surface area contributed by atoms with Crippen molar-refractivity contribution in [1.29, 1.82) is 0 Å². The van der Waals surface area contributed by atoms with E-state index in [2.05, 4.69) is 10.4 Å². The number of fused-ring (bicyclic) bond motifs is 1. The molecule has 2 aromatic heterocycles. The number of amides is 1. The maximum atomic E-state index is 13.1. The number of nitrogens with zero attached hydrogens (tertiary/aromatic N) is 2. The monoisotopic (exact) mass is 395 g/mol. The molecule has 0 spiro atoms. The Balaban J connectivity index is 1.47. The number of aryl methyl sites for hydroxylation is 1. The molecule has 5 nitrogen and oxygen atoms in total. The molecule has 0 fully saturated rings. The maximum Gasteiger partial charge on any atom is 0.269 e. The van der Waals surface area contributed by atoms with Crippen molar-refractivity contribution in [2.45, 2.75) is 6.10 Å². The molecule has 0 radical (unpaired) electrons. The molecular weight excluding hydrogens is 377 g/mol. The fourth-order valence-electron chi connectivity index (χ4n) is 3.09. The Morgan fingerprint density at radius 2 is 2.00 bits per heavy atom. The number of hydrogen-bond donors (Lipinski definition) is 2. The van der Waals surface area contributed by atoms with E-state index < -0.39 is 6.10 Å². The second kappa shape index (κ2) is 7.53. The van der Waals surface area contributed by atoms with Crippen LogP contribution in [0.4, 0.5) is 4.39 Å². The first-order chi connectivity index (χ1) is 13.5. The Bertz CT molecular complexity index is 1130. The number of carbonyl (C=O) groups excluding carboxylic acids is 1. The lowest BCUT2D eigenvalue weighted by Gasteiger charge is -2.11. The molecule has 1 unspecified atom stereocenters. The van der Waals surface area contributed by atoms with Gasteiger partial charge < -0.3 is 10.4 Å². The number of aliphatic hydroxyl groups is 1. The highest BCUT2D eigenvalue weighted by atomic mass is 32.1. The van der Waals surface area contributed by atoms with Gasteiger partial charge in [-0.05, 0) is 47.2 Å². The first-order valence-corrected chi connectivity index (χ1v) is 9.63. The van der Waals surface area contributed by atoms with Crippen LogP contribution < -0.4 is 5.32 Å². The van der Waals surface area contributed by atoms with Gasteiger partial charge in [-0.1, -0.05) is 18.2 Å². The van der Waals surface area contributed by atoms with Gasteiger partial charge in [0.15, 0.2) is 0 Å². The smallest absolute Gasteiger partial charge is 0.269 e. The predicted octanol–water partition coefficient (Wildman–Crippen LogP) is 3.90. The average Bonchev–Trinajstić information content (AvgIpc) is 3.30. The summed E-state index contributed by atoms with van der Waals surface area (Å²) in [5.74, 6) is -0.658. The quantitative estimate of drug-likeness (QED) is 0.539. The van der Waals surface area contributed by atoms with Crippen molar-refractivity contribution in [2.75, 3.05) is 6.54 Å². The van der Waals surface area contributed by atoms with Crippen molar-refractivity contribution in [3.63, 3.8) is 0 Å². The lowest BCUT2D eigenvalue weighted by molar-refractivity contribution is 0.0908. The van der Waals surface area contributed by atoms with Crippen LogP contribution in [0.15, 0.2) is 60.0 Å². The Hall–Kier alpha value is -3.03. The topological polar surface area (TPSA) is 67.2 Å². The predicted molar refractivity (Wildman–Crippen MR) is 108 cm³/mol. The lowest BCUT2D eigenvalue weighted by atomic mass is 10.1. The minimum atomic E-state index is -0.801. The van der Waals surface area contributed by atoms with Crippen LogP contribution in [0.5, 0.6) is 0 Å². The second-order valence-electron chi connectivity index (χ2n) is 6.46. The molecule has 0 saturated carbocycles. The number of aromatic nitrogens is 2. The van der Waals surface area contributed by atoms with Crippen LogP contribution in [0.1, 0.15) is 22.2 Å². The third-order valence-corrected chi connectivity index (χ3v) is 5.56. The molecule has 0 bridgehead atoms. The molecule has 1 atom stereocenters. The minimum Gasteiger partial charge on any atom is -0.387 e. The van der Waals surface area contributed by atoms with Gasteiger partial charge in [0.05, 0.1) is 11.8 Å². The second-order valence-corrected chi connectivity index (χ2v) is 7.37. The Labute approximate surface area is 165 Å². The molecule has 142 valence electrons. The van der Waals surface area contributed by atoms with E-state index in [-0.39, 0.29) is 18.3 Å². The lowest BCUT2D eigenvalue weighted by Crippen LogP contribution is -2.29. The molecule has 28 heavy (non-hydrogen) atoms.